The van der Waals surface area contributed by atoms with Gasteiger partial charge in [0.15, 0.2) is 5.82 Å². The number of hydrogen-bond acceptors (Lipinski definition) is 6. The van der Waals surface area contributed by atoms with Crippen molar-refractivity contribution in [1.82, 2.24) is 25.0 Å². The van der Waals surface area contributed by atoms with Crippen LogP contribution in [0.3, 0.4) is 0 Å². The zero-order valence-corrected chi connectivity index (χ0v) is 16.7. The first-order valence-electron chi connectivity index (χ1n) is 8.43. The molecule has 2 heterocycles. The summed E-state index contributed by atoms with van der Waals surface area (Å²) in [5, 5.41) is 14.5. The van der Waals surface area contributed by atoms with Crippen LogP contribution >= 0.6 is 11.8 Å². The Morgan fingerprint density at radius 2 is 2.00 bits per heavy atom. The quantitative estimate of drug-likeness (QED) is 0.632. The van der Waals surface area contributed by atoms with E-state index in [1.807, 2.05) is 52.1 Å². The summed E-state index contributed by atoms with van der Waals surface area (Å²) in [7, 11) is 3.48. The van der Waals surface area contributed by atoms with Gasteiger partial charge in [-0.2, -0.15) is 5.10 Å². The van der Waals surface area contributed by atoms with Crippen molar-refractivity contribution in [3.8, 4) is 17.1 Å². The Bertz CT molecular complexity index is 947. The minimum absolute atomic E-state index is 0.116. The molecule has 0 spiro atoms. The number of benzene rings is 1. The molecule has 0 aliphatic rings. The molecular weight excluding hydrogens is 364 g/mol. The highest BCUT2D eigenvalue weighted by molar-refractivity contribution is 8.00. The Hall–Kier alpha value is -2.81. The minimum Gasteiger partial charge on any atom is -0.497 e. The standard InChI is InChI=1S/C18H22N6O2S/c1-10-15(11(2)24(4)23-10)19-17(25)12(3)27-18-20-16(21-22-18)13-6-8-14(26-5)9-7-13/h6-9,12H,1-5H3,(H,19,25)(H,20,21,22). The van der Waals surface area contributed by atoms with Gasteiger partial charge in [-0.1, -0.05) is 11.8 Å². The number of nitrogens with one attached hydrogen (secondary N) is 2. The topological polar surface area (TPSA) is 97.7 Å². The number of carbonyl (C=O) groups is 1. The van der Waals surface area contributed by atoms with E-state index in [9.17, 15) is 4.79 Å². The second-order valence-electron chi connectivity index (χ2n) is 6.11. The monoisotopic (exact) mass is 386 g/mol. The number of ether oxygens (including phenoxy) is 1. The fourth-order valence-electron chi connectivity index (χ4n) is 2.57. The van der Waals surface area contributed by atoms with Crippen LogP contribution in [-0.2, 0) is 11.8 Å². The number of aryl methyl sites for hydroxylation is 2. The number of amides is 1. The SMILES string of the molecule is COc1ccc(-c2nc(SC(C)C(=O)Nc3c(C)nn(C)c3C)n[nH]2)cc1. The summed E-state index contributed by atoms with van der Waals surface area (Å²) in [6, 6.07) is 7.52. The summed E-state index contributed by atoms with van der Waals surface area (Å²) in [6.45, 7) is 5.62. The van der Waals surface area contributed by atoms with E-state index in [2.05, 4.69) is 25.6 Å². The van der Waals surface area contributed by atoms with Gasteiger partial charge in [0, 0.05) is 12.6 Å². The highest BCUT2D eigenvalue weighted by Crippen LogP contribution is 2.26. The lowest BCUT2D eigenvalue weighted by Crippen LogP contribution is -2.23. The van der Waals surface area contributed by atoms with Crippen LogP contribution in [0.2, 0.25) is 0 Å². The summed E-state index contributed by atoms with van der Waals surface area (Å²) >= 11 is 1.30. The summed E-state index contributed by atoms with van der Waals surface area (Å²) in [4.78, 5) is 17.0. The Morgan fingerprint density at radius 1 is 1.30 bits per heavy atom. The summed E-state index contributed by atoms with van der Waals surface area (Å²) in [6.07, 6.45) is 0. The third-order valence-corrected chi connectivity index (χ3v) is 5.20. The van der Waals surface area contributed by atoms with Crippen molar-refractivity contribution in [2.24, 2.45) is 7.05 Å². The number of thioether (sulfide) groups is 1. The molecule has 1 amide bonds. The number of H-pyrrole nitrogens is 1. The lowest BCUT2D eigenvalue weighted by atomic mass is 10.2. The maximum Gasteiger partial charge on any atom is 0.237 e. The second kappa shape index (κ2) is 7.83. The molecule has 9 heteroatoms. The number of carbonyl (C=O) groups excluding carboxylic acids is 1. The molecular formula is C18H22N6O2S. The number of methoxy groups -OCH3 is 1. The predicted octanol–water partition coefficient (Wildman–Crippen LogP) is 2.95. The summed E-state index contributed by atoms with van der Waals surface area (Å²) in [5.41, 5.74) is 3.36. The van der Waals surface area contributed by atoms with Gasteiger partial charge in [0.2, 0.25) is 11.1 Å². The van der Waals surface area contributed by atoms with E-state index in [4.69, 9.17) is 4.74 Å². The second-order valence-corrected chi connectivity index (χ2v) is 7.42. The lowest BCUT2D eigenvalue weighted by Gasteiger charge is -2.10. The molecule has 0 bridgehead atoms. The smallest absolute Gasteiger partial charge is 0.237 e. The van der Waals surface area contributed by atoms with E-state index < -0.39 is 0 Å². The first kappa shape index (κ1) is 19.0. The van der Waals surface area contributed by atoms with Crippen LogP contribution in [0.25, 0.3) is 11.4 Å². The van der Waals surface area contributed by atoms with Crippen molar-refractivity contribution in [2.75, 3.05) is 12.4 Å². The fourth-order valence-corrected chi connectivity index (χ4v) is 3.29. The van der Waals surface area contributed by atoms with Gasteiger partial charge in [0.25, 0.3) is 0 Å². The van der Waals surface area contributed by atoms with Crippen LogP contribution in [0.5, 0.6) is 5.75 Å². The van der Waals surface area contributed by atoms with Gasteiger partial charge in [-0.15, -0.1) is 5.10 Å². The van der Waals surface area contributed by atoms with Crippen LogP contribution in [-0.4, -0.2) is 43.2 Å². The van der Waals surface area contributed by atoms with Crippen LogP contribution in [0, 0.1) is 13.8 Å². The van der Waals surface area contributed by atoms with Gasteiger partial charge >= 0.3 is 0 Å². The molecule has 0 saturated heterocycles. The predicted molar refractivity (Wildman–Crippen MR) is 105 cm³/mol. The van der Waals surface area contributed by atoms with Crippen LogP contribution in [0.1, 0.15) is 18.3 Å². The molecule has 3 rings (SSSR count). The van der Waals surface area contributed by atoms with Gasteiger partial charge in [0.05, 0.1) is 29.4 Å². The molecule has 1 atom stereocenters. The zero-order chi connectivity index (χ0) is 19.6. The normalized spacial score (nSPS) is 12.0. The first-order chi connectivity index (χ1) is 12.9. The molecule has 3 aromatic rings. The molecule has 142 valence electrons. The lowest BCUT2D eigenvalue weighted by molar-refractivity contribution is -0.115. The molecule has 1 aromatic carbocycles. The van der Waals surface area contributed by atoms with Crippen molar-refractivity contribution in [3.63, 3.8) is 0 Å². The molecule has 0 saturated carbocycles. The number of anilines is 1. The molecule has 2 aromatic heterocycles. The highest BCUT2D eigenvalue weighted by Gasteiger charge is 2.20. The Balaban J connectivity index is 1.66. The average molecular weight is 386 g/mol. The van der Waals surface area contributed by atoms with Gasteiger partial charge in [-0.3, -0.25) is 14.6 Å². The van der Waals surface area contributed by atoms with E-state index in [-0.39, 0.29) is 11.2 Å². The van der Waals surface area contributed by atoms with Crippen molar-refractivity contribution in [2.45, 2.75) is 31.2 Å². The number of aromatic nitrogens is 5. The summed E-state index contributed by atoms with van der Waals surface area (Å²) in [5.74, 6) is 1.31. The molecule has 0 aliphatic carbocycles. The third-order valence-electron chi connectivity index (χ3n) is 4.24. The molecule has 0 aliphatic heterocycles. The minimum atomic E-state index is -0.358. The van der Waals surface area contributed by atoms with Crippen molar-refractivity contribution >= 4 is 23.4 Å². The molecule has 0 fully saturated rings. The van der Waals surface area contributed by atoms with Crippen molar-refractivity contribution in [3.05, 3.63) is 35.7 Å². The Labute approximate surface area is 161 Å². The molecule has 1 unspecified atom stereocenters. The van der Waals surface area contributed by atoms with E-state index in [1.54, 1.807) is 11.8 Å². The number of nitrogens with zero attached hydrogens (tertiary/aromatic N) is 4. The van der Waals surface area contributed by atoms with E-state index >= 15 is 0 Å². The number of aromatic amines is 1. The van der Waals surface area contributed by atoms with Crippen LogP contribution < -0.4 is 10.1 Å². The van der Waals surface area contributed by atoms with Crippen molar-refractivity contribution in [1.29, 1.82) is 0 Å². The van der Waals surface area contributed by atoms with Gasteiger partial charge in [-0.05, 0) is 45.0 Å². The largest absolute Gasteiger partial charge is 0.497 e. The van der Waals surface area contributed by atoms with E-state index in [0.717, 1.165) is 28.4 Å². The van der Waals surface area contributed by atoms with E-state index in [0.29, 0.717) is 11.0 Å². The Kier molecular flexibility index (Phi) is 5.50. The van der Waals surface area contributed by atoms with Gasteiger partial charge in [-0.25, -0.2) is 4.98 Å². The Morgan fingerprint density at radius 3 is 2.59 bits per heavy atom. The zero-order valence-electron chi connectivity index (χ0n) is 15.9. The molecule has 0 radical (unpaired) electrons. The molecule has 8 nitrogen and oxygen atoms in total. The van der Waals surface area contributed by atoms with E-state index in [1.165, 1.54) is 11.8 Å². The maximum atomic E-state index is 12.5. The highest BCUT2D eigenvalue weighted by atomic mass is 32.2. The average Bonchev–Trinajstić information content (AvgIpc) is 3.21. The number of hydrogen-bond donors (Lipinski definition) is 2. The van der Waals surface area contributed by atoms with Crippen LogP contribution in [0.4, 0.5) is 5.69 Å². The fraction of sp³-hybridized carbons (Fsp3) is 0.333. The number of rotatable bonds is 6. The first-order valence-corrected chi connectivity index (χ1v) is 9.31. The van der Waals surface area contributed by atoms with Gasteiger partial charge < -0.3 is 10.1 Å². The van der Waals surface area contributed by atoms with Crippen LogP contribution in [0.15, 0.2) is 29.4 Å². The maximum absolute atomic E-state index is 12.5. The molecule has 2 N–H and O–H groups in total. The molecule has 27 heavy (non-hydrogen) atoms. The van der Waals surface area contributed by atoms with Crippen molar-refractivity contribution < 1.29 is 9.53 Å². The van der Waals surface area contributed by atoms with Gasteiger partial charge in [0.1, 0.15) is 5.75 Å². The third kappa shape index (κ3) is 4.13. The summed E-state index contributed by atoms with van der Waals surface area (Å²) < 4.78 is 6.90.